The summed E-state index contributed by atoms with van der Waals surface area (Å²) in [5.41, 5.74) is 1.06. The maximum absolute atomic E-state index is 13.6. The second-order valence-corrected chi connectivity index (χ2v) is 4.53. The highest BCUT2D eigenvalue weighted by atomic mass is 19.1. The van der Waals surface area contributed by atoms with Crippen LogP contribution in [-0.2, 0) is 20.8 Å². The summed E-state index contributed by atoms with van der Waals surface area (Å²) in [6.07, 6.45) is -1.98. The molecule has 2 rings (SSSR count). The van der Waals surface area contributed by atoms with E-state index in [1.807, 2.05) is 30.3 Å². The Hall–Kier alpha value is -0.970. The monoisotopic (exact) mass is 254 g/mol. The molecule has 0 saturated carbocycles. The van der Waals surface area contributed by atoms with Gasteiger partial charge >= 0.3 is 0 Å². The van der Waals surface area contributed by atoms with E-state index in [0.29, 0.717) is 13.0 Å². The molecule has 100 valence electrons. The molecule has 1 fully saturated rings. The van der Waals surface area contributed by atoms with E-state index in [2.05, 4.69) is 0 Å². The summed E-state index contributed by atoms with van der Waals surface area (Å²) in [6, 6.07) is 9.79. The number of hydrogen-bond acceptors (Lipinski definition) is 3. The lowest BCUT2D eigenvalue weighted by Gasteiger charge is -2.36. The molecular weight excluding hydrogens is 235 g/mol. The first-order chi connectivity index (χ1) is 8.70. The number of ether oxygens (including phenoxy) is 3. The quantitative estimate of drug-likeness (QED) is 0.826. The van der Waals surface area contributed by atoms with Crippen molar-refractivity contribution in [1.29, 1.82) is 0 Å². The van der Waals surface area contributed by atoms with Crippen molar-refractivity contribution in [2.75, 3.05) is 7.11 Å². The maximum atomic E-state index is 13.6. The van der Waals surface area contributed by atoms with Gasteiger partial charge in [0.05, 0.1) is 12.7 Å². The van der Waals surface area contributed by atoms with Gasteiger partial charge in [-0.25, -0.2) is 4.39 Å². The highest BCUT2D eigenvalue weighted by molar-refractivity contribution is 5.13. The molecule has 0 aliphatic carbocycles. The third-order valence-electron chi connectivity index (χ3n) is 3.16. The molecule has 0 aromatic heterocycles. The fraction of sp³-hybridized carbons (Fsp3) is 0.571. The third-order valence-corrected chi connectivity index (χ3v) is 3.16. The summed E-state index contributed by atoms with van der Waals surface area (Å²) in [6.45, 7) is 2.15. The molecule has 1 heterocycles. The number of alkyl halides is 1. The smallest absolute Gasteiger partial charge is 0.183 e. The third kappa shape index (κ3) is 3.28. The zero-order chi connectivity index (χ0) is 13.0. The fourth-order valence-corrected chi connectivity index (χ4v) is 2.04. The van der Waals surface area contributed by atoms with Gasteiger partial charge in [-0.2, -0.15) is 0 Å². The lowest BCUT2D eigenvalue weighted by molar-refractivity contribution is -0.255. The van der Waals surface area contributed by atoms with Crippen molar-refractivity contribution in [2.24, 2.45) is 0 Å². The van der Waals surface area contributed by atoms with Gasteiger partial charge in [0.2, 0.25) is 0 Å². The number of methoxy groups -OCH3 is 1. The van der Waals surface area contributed by atoms with Gasteiger partial charge in [-0.1, -0.05) is 30.3 Å². The van der Waals surface area contributed by atoms with E-state index >= 15 is 0 Å². The van der Waals surface area contributed by atoms with Crippen LogP contribution in [0.15, 0.2) is 30.3 Å². The maximum Gasteiger partial charge on any atom is 0.183 e. The molecule has 3 nitrogen and oxygen atoms in total. The molecule has 1 aromatic rings. The number of benzene rings is 1. The Morgan fingerprint density at radius 3 is 2.72 bits per heavy atom. The van der Waals surface area contributed by atoms with Crippen molar-refractivity contribution >= 4 is 0 Å². The lowest BCUT2D eigenvalue weighted by Crippen LogP contribution is -2.46. The second kappa shape index (κ2) is 6.27. The van der Waals surface area contributed by atoms with E-state index in [9.17, 15) is 4.39 Å². The minimum atomic E-state index is -1.00. The van der Waals surface area contributed by atoms with Crippen LogP contribution in [-0.4, -0.2) is 31.8 Å². The second-order valence-electron chi connectivity index (χ2n) is 4.53. The summed E-state index contributed by atoms with van der Waals surface area (Å²) in [5.74, 6) is 0. The molecule has 0 bridgehead atoms. The average molecular weight is 254 g/mol. The predicted molar refractivity (Wildman–Crippen MR) is 65.9 cm³/mol. The van der Waals surface area contributed by atoms with Crippen LogP contribution < -0.4 is 0 Å². The van der Waals surface area contributed by atoms with Crippen molar-refractivity contribution in [1.82, 2.24) is 0 Å². The number of halogens is 1. The van der Waals surface area contributed by atoms with Crippen LogP contribution in [0.4, 0.5) is 4.39 Å². The van der Waals surface area contributed by atoms with Crippen LogP contribution in [0.2, 0.25) is 0 Å². The average Bonchev–Trinajstić information content (AvgIpc) is 2.41. The Kier molecular flexibility index (Phi) is 4.69. The summed E-state index contributed by atoms with van der Waals surface area (Å²) in [7, 11) is 1.55. The van der Waals surface area contributed by atoms with Gasteiger partial charge in [-0.05, 0) is 12.5 Å². The zero-order valence-electron chi connectivity index (χ0n) is 10.7. The molecule has 0 N–H and O–H groups in total. The Bertz CT molecular complexity index is 357. The largest absolute Gasteiger partial charge is 0.368 e. The van der Waals surface area contributed by atoms with Gasteiger partial charge < -0.3 is 14.2 Å². The molecule has 0 radical (unpaired) electrons. The minimum absolute atomic E-state index is 0.312. The van der Waals surface area contributed by atoms with Crippen LogP contribution >= 0.6 is 0 Å². The first-order valence-electron chi connectivity index (χ1n) is 6.18. The Balaban J connectivity index is 1.91. The first kappa shape index (κ1) is 13.5. The van der Waals surface area contributed by atoms with Gasteiger partial charge in [0.25, 0.3) is 0 Å². The highest BCUT2D eigenvalue weighted by Gasteiger charge is 2.36. The molecular formula is C14H19FO3. The summed E-state index contributed by atoms with van der Waals surface area (Å²) >= 11 is 0. The standard InChI is InChI=1S/C14H19FO3/c1-10-12(15)8-13(14(16-2)18-10)17-9-11-6-4-3-5-7-11/h3-7,10,12-14H,8-9H2,1-2H3/t10-,12-,13+,14+/m1/s1. The van der Waals surface area contributed by atoms with Crippen LogP contribution in [0, 0.1) is 0 Å². The van der Waals surface area contributed by atoms with Gasteiger partial charge in [0, 0.05) is 13.5 Å². The lowest BCUT2D eigenvalue weighted by atomic mass is 10.0. The van der Waals surface area contributed by atoms with Crippen molar-refractivity contribution in [3.63, 3.8) is 0 Å². The molecule has 18 heavy (non-hydrogen) atoms. The summed E-state index contributed by atoms with van der Waals surface area (Å²) in [4.78, 5) is 0. The summed E-state index contributed by atoms with van der Waals surface area (Å²) in [5, 5.41) is 0. The molecule has 4 heteroatoms. The first-order valence-corrected chi connectivity index (χ1v) is 6.18. The van der Waals surface area contributed by atoms with Crippen molar-refractivity contribution in [3.05, 3.63) is 35.9 Å². The summed E-state index contributed by atoms with van der Waals surface area (Å²) < 4.78 is 29.9. The highest BCUT2D eigenvalue weighted by Crippen LogP contribution is 2.25. The molecule has 4 atom stereocenters. The van der Waals surface area contributed by atoms with Crippen LogP contribution in [0.3, 0.4) is 0 Å². The predicted octanol–water partition coefficient (Wildman–Crippen LogP) is 2.69. The van der Waals surface area contributed by atoms with Crippen molar-refractivity contribution in [3.8, 4) is 0 Å². The number of hydrogen-bond donors (Lipinski definition) is 0. The zero-order valence-corrected chi connectivity index (χ0v) is 10.7. The molecule has 0 amide bonds. The van der Waals surface area contributed by atoms with E-state index in [1.165, 1.54) is 0 Å². The molecule has 1 aliphatic heterocycles. The molecule has 0 spiro atoms. The molecule has 1 aliphatic rings. The van der Waals surface area contributed by atoms with Crippen molar-refractivity contribution in [2.45, 2.75) is 44.6 Å². The van der Waals surface area contributed by atoms with Gasteiger partial charge in [0.1, 0.15) is 12.3 Å². The Morgan fingerprint density at radius 2 is 2.06 bits per heavy atom. The van der Waals surface area contributed by atoms with E-state index < -0.39 is 18.6 Å². The van der Waals surface area contributed by atoms with E-state index in [1.54, 1.807) is 14.0 Å². The SMILES string of the molecule is CO[C@H]1O[C@H](C)[C@H](F)C[C@@H]1OCc1ccccc1. The van der Waals surface area contributed by atoms with E-state index in [4.69, 9.17) is 14.2 Å². The van der Waals surface area contributed by atoms with Crippen molar-refractivity contribution < 1.29 is 18.6 Å². The van der Waals surface area contributed by atoms with Gasteiger partial charge in [-0.15, -0.1) is 0 Å². The Labute approximate surface area is 107 Å². The van der Waals surface area contributed by atoms with Crippen LogP contribution in [0.25, 0.3) is 0 Å². The molecule has 1 aromatic carbocycles. The van der Waals surface area contributed by atoms with Gasteiger partial charge in [0.15, 0.2) is 6.29 Å². The minimum Gasteiger partial charge on any atom is -0.368 e. The van der Waals surface area contributed by atoms with E-state index in [-0.39, 0.29) is 6.10 Å². The van der Waals surface area contributed by atoms with Crippen LogP contribution in [0.5, 0.6) is 0 Å². The topological polar surface area (TPSA) is 27.7 Å². The molecule has 1 saturated heterocycles. The Morgan fingerprint density at radius 1 is 1.33 bits per heavy atom. The van der Waals surface area contributed by atoms with Gasteiger partial charge in [-0.3, -0.25) is 0 Å². The molecule has 0 unspecified atom stereocenters. The number of rotatable bonds is 4. The van der Waals surface area contributed by atoms with Crippen LogP contribution in [0.1, 0.15) is 18.9 Å². The van der Waals surface area contributed by atoms with E-state index in [0.717, 1.165) is 5.56 Å². The fourth-order valence-electron chi connectivity index (χ4n) is 2.04. The normalized spacial score (nSPS) is 32.4.